The number of hydrogen-bond acceptors (Lipinski definition) is 6. The number of aromatic nitrogens is 2. The molecule has 1 aliphatic heterocycles. The highest BCUT2D eigenvalue weighted by Gasteiger charge is 2.25. The molecule has 2 heterocycles. The summed E-state index contributed by atoms with van der Waals surface area (Å²) in [6, 6.07) is 11.1. The van der Waals surface area contributed by atoms with Crippen molar-refractivity contribution in [3.05, 3.63) is 71.6 Å². The van der Waals surface area contributed by atoms with Crippen molar-refractivity contribution in [1.82, 2.24) is 9.97 Å². The number of imide groups is 1. The number of ether oxygens (including phenoxy) is 1. The van der Waals surface area contributed by atoms with E-state index in [0.717, 1.165) is 21.8 Å². The quantitative estimate of drug-likeness (QED) is 0.398. The summed E-state index contributed by atoms with van der Waals surface area (Å²) in [6.45, 7) is 3.76. The number of anilines is 1. The van der Waals surface area contributed by atoms with Crippen LogP contribution in [0.2, 0.25) is 0 Å². The fourth-order valence-corrected chi connectivity index (χ4v) is 2.84. The summed E-state index contributed by atoms with van der Waals surface area (Å²) < 4.78 is 5.42. The summed E-state index contributed by atoms with van der Waals surface area (Å²) in [4.78, 5) is 45.8. The third-order valence-electron chi connectivity index (χ3n) is 4.43. The van der Waals surface area contributed by atoms with Gasteiger partial charge in [0.15, 0.2) is 0 Å². The van der Waals surface area contributed by atoms with Gasteiger partial charge in [-0.3, -0.25) is 9.59 Å². The second kappa shape index (κ2) is 6.70. The lowest BCUT2D eigenvalue weighted by molar-refractivity contribution is -0.119. The molecule has 0 atom stereocenters. The molecule has 0 unspecified atom stereocenters. The Kier molecular flexibility index (Phi) is 4.19. The first-order valence-electron chi connectivity index (χ1n) is 8.56. The number of nitrogens with zero attached hydrogens (tertiary/aromatic N) is 3. The van der Waals surface area contributed by atoms with Crippen LogP contribution in [0.1, 0.15) is 21.7 Å². The van der Waals surface area contributed by atoms with Gasteiger partial charge < -0.3 is 4.74 Å². The molecule has 0 N–H and O–H groups in total. The van der Waals surface area contributed by atoms with Gasteiger partial charge in [-0.1, -0.05) is 0 Å². The number of benzene rings is 2. The van der Waals surface area contributed by atoms with Crippen LogP contribution in [0.25, 0.3) is 11.0 Å². The molecule has 0 radical (unpaired) electrons. The highest BCUT2D eigenvalue weighted by atomic mass is 16.5. The predicted molar refractivity (Wildman–Crippen MR) is 102 cm³/mol. The van der Waals surface area contributed by atoms with Crippen molar-refractivity contribution in [3.8, 4) is 5.75 Å². The molecule has 0 saturated carbocycles. The van der Waals surface area contributed by atoms with Crippen LogP contribution in [0.4, 0.5) is 5.69 Å². The summed E-state index contributed by atoms with van der Waals surface area (Å²) in [5.74, 6) is -1.03. The van der Waals surface area contributed by atoms with E-state index < -0.39 is 17.8 Å². The fraction of sp³-hybridized carbons (Fsp3) is 0.0952. The maximum Gasteiger partial charge on any atom is 0.343 e. The van der Waals surface area contributed by atoms with Gasteiger partial charge in [0.05, 0.1) is 33.7 Å². The van der Waals surface area contributed by atoms with E-state index in [4.69, 9.17) is 4.74 Å². The van der Waals surface area contributed by atoms with Gasteiger partial charge in [-0.15, -0.1) is 0 Å². The molecule has 0 aliphatic carbocycles. The van der Waals surface area contributed by atoms with E-state index in [-0.39, 0.29) is 0 Å². The van der Waals surface area contributed by atoms with E-state index in [2.05, 4.69) is 9.97 Å². The van der Waals surface area contributed by atoms with Crippen molar-refractivity contribution >= 4 is 34.5 Å². The average molecular weight is 373 g/mol. The first-order valence-corrected chi connectivity index (χ1v) is 8.56. The Morgan fingerprint density at radius 2 is 1.46 bits per heavy atom. The maximum atomic E-state index is 12.4. The number of carbonyl (C=O) groups excluding carboxylic acids is 3. The standard InChI is InChI=1S/C21H15N3O4/c1-12-13(2)23-18-11-16(7-8-17(18)22-12)28-21(27)14-3-5-15(6-4-14)24-19(25)9-10-20(24)26/h3-11H,1-2H3. The minimum absolute atomic E-state index is 0.294. The SMILES string of the molecule is Cc1nc2ccc(OC(=O)c3ccc(N4C(=O)C=CC4=O)cc3)cc2nc1C. The Bertz CT molecular complexity index is 1150. The summed E-state index contributed by atoms with van der Waals surface area (Å²) in [5, 5.41) is 0. The van der Waals surface area contributed by atoms with E-state index in [1.165, 1.54) is 36.4 Å². The van der Waals surface area contributed by atoms with E-state index >= 15 is 0 Å². The molecule has 0 bridgehead atoms. The van der Waals surface area contributed by atoms with Gasteiger partial charge in [-0.2, -0.15) is 0 Å². The third kappa shape index (κ3) is 3.14. The van der Waals surface area contributed by atoms with Crippen molar-refractivity contribution in [2.24, 2.45) is 0 Å². The van der Waals surface area contributed by atoms with E-state index in [0.29, 0.717) is 22.5 Å². The van der Waals surface area contributed by atoms with Crippen LogP contribution in [0.3, 0.4) is 0 Å². The molecular weight excluding hydrogens is 358 g/mol. The Balaban J connectivity index is 1.53. The Labute approximate surface area is 160 Å². The van der Waals surface area contributed by atoms with Crippen LogP contribution in [0.5, 0.6) is 5.75 Å². The maximum absolute atomic E-state index is 12.4. The Morgan fingerprint density at radius 1 is 0.857 bits per heavy atom. The van der Waals surface area contributed by atoms with Crippen LogP contribution in [-0.2, 0) is 9.59 Å². The molecule has 0 spiro atoms. The molecule has 0 saturated heterocycles. The molecule has 2 aromatic carbocycles. The molecule has 138 valence electrons. The number of fused-ring (bicyclic) bond motifs is 1. The van der Waals surface area contributed by atoms with E-state index in [1.807, 2.05) is 13.8 Å². The van der Waals surface area contributed by atoms with E-state index in [9.17, 15) is 14.4 Å². The highest BCUT2D eigenvalue weighted by molar-refractivity contribution is 6.28. The number of aryl methyl sites for hydroxylation is 2. The topological polar surface area (TPSA) is 89.5 Å². The Hall–Kier alpha value is -3.87. The summed E-state index contributed by atoms with van der Waals surface area (Å²) in [5.41, 5.74) is 3.71. The number of rotatable bonds is 3. The lowest BCUT2D eigenvalue weighted by Gasteiger charge is -2.14. The van der Waals surface area contributed by atoms with E-state index in [1.54, 1.807) is 18.2 Å². The van der Waals surface area contributed by atoms with Crippen LogP contribution in [0, 0.1) is 13.8 Å². The molecule has 1 aromatic heterocycles. The predicted octanol–water partition coefficient (Wildman–Crippen LogP) is 2.90. The lowest BCUT2D eigenvalue weighted by Crippen LogP contribution is -2.29. The molecule has 1 aliphatic rings. The van der Waals surface area contributed by atoms with Gasteiger partial charge >= 0.3 is 5.97 Å². The number of esters is 1. The first kappa shape index (κ1) is 17.5. The van der Waals surface area contributed by atoms with Crippen molar-refractivity contribution in [1.29, 1.82) is 0 Å². The van der Waals surface area contributed by atoms with Crippen LogP contribution >= 0.6 is 0 Å². The highest BCUT2D eigenvalue weighted by Crippen LogP contribution is 2.22. The van der Waals surface area contributed by atoms with Crippen molar-refractivity contribution in [3.63, 3.8) is 0 Å². The number of carbonyl (C=O) groups is 3. The summed E-state index contributed by atoms with van der Waals surface area (Å²) >= 11 is 0. The zero-order valence-electron chi connectivity index (χ0n) is 15.2. The molecule has 4 rings (SSSR count). The van der Waals surface area contributed by atoms with Crippen LogP contribution < -0.4 is 9.64 Å². The minimum Gasteiger partial charge on any atom is -0.423 e. The largest absolute Gasteiger partial charge is 0.423 e. The van der Waals surface area contributed by atoms with Crippen LogP contribution in [-0.4, -0.2) is 27.8 Å². The second-order valence-electron chi connectivity index (χ2n) is 6.33. The van der Waals surface area contributed by atoms with Crippen molar-refractivity contribution in [2.45, 2.75) is 13.8 Å². The van der Waals surface area contributed by atoms with Crippen molar-refractivity contribution < 1.29 is 19.1 Å². The minimum atomic E-state index is -0.556. The van der Waals surface area contributed by atoms with Gasteiger partial charge in [0.1, 0.15) is 5.75 Å². The number of hydrogen-bond donors (Lipinski definition) is 0. The fourth-order valence-electron chi connectivity index (χ4n) is 2.84. The first-order chi connectivity index (χ1) is 13.4. The van der Waals surface area contributed by atoms with Gasteiger partial charge in [0.2, 0.25) is 0 Å². The molecule has 28 heavy (non-hydrogen) atoms. The van der Waals surface area contributed by atoms with Gasteiger partial charge in [-0.25, -0.2) is 19.7 Å². The average Bonchev–Trinajstić information content (AvgIpc) is 3.01. The van der Waals surface area contributed by atoms with Gasteiger partial charge in [0, 0.05) is 18.2 Å². The smallest absolute Gasteiger partial charge is 0.343 e. The third-order valence-corrected chi connectivity index (χ3v) is 4.43. The monoisotopic (exact) mass is 373 g/mol. The zero-order chi connectivity index (χ0) is 19.8. The summed E-state index contributed by atoms with van der Waals surface area (Å²) in [7, 11) is 0. The molecule has 0 fully saturated rings. The normalized spacial score (nSPS) is 13.4. The lowest BCUT2D eigenvalue weighted by atomic mass is 10.2. The van der Waals surface area contributed by atoms with Gasteiger partial charge in [-0.05, 0) is 50.2 Å². The summed E-state index contributed by atoms with van der Waals surface area (Å²) in [6.07, 6.45) is 2.41. The van der Waals surface area contributed by atoms with Gasteiger partial charge in [0.25, 0.3) is 11.8 Å². The molecular formula is C21H15N3O4. The Morgan fingerprint density at radius 3 is 2.11 bits per heavy atom. The molecule has 7 nitrogen and oxygen atoms in total. The zero-order valence-corrected chi connectivity index (χ0v) is 15.2. The van der Waals surface area contributed by atoms with Crippen LogP contribution in [0.15, 0.2) is 54.6 Å². The number of amides is 2. The second-order valence-corrected chi connectivity index (χ2v) is 6.33. The molecule has 7 heteroatoms. The molecule has 3 aromatic rings. The van der Waals surface area contributed by atoms with Crippen molar-refractivity contribution in [2.75, 3.05) is 4.90 Å². The molecule has 2 amide bonds.